The second-order valence-corrected chi connectivity index (χ2v) is 16.9. The van der Waals surface area contributed by atoms with Gasteiger partial charge in [0.15, 0.2) is 6.29 Å². The molecule has 5 aromatic rings. The Morgan fingerprint density at radius 2 is 1.03 bits per heavy atom. The summed E-state index contributed by atoms with van der Waals surface area (Å²) >= 11 is 0. The van der Waals surface area contributed by atoms with Gasteiger partial charge in [0.05, 0.1) is 71.5 Å². The van der Waals surface area contributed by atoms with E-state index in [4.69, 9.17) is 42.6 Å². The van der Waals surface area contributed by atoms with Crippen molar-refractivity contribution in [3.63, 3.8) is 0 Å². The Hall–Kier alpha value is -5.08. The van der Waals surface area contributed by atoms with E-state index in [1.165, 1.54) is 6.92 Å². The Labute approximate surface area is 384 Å². The first-order chi connectivity index (χ1) is 31.7. The molecule has 0 radical (unpaired) electrons. The summed E-state index contributed by atoms with van der Waals surface area (Å²) < 4.78 is 58.3. The first-order valence-electron chi connectivity index (χ1n) is 22.5. The van der Waals surface area contributed by atoms with Gasteiger partial charge in [-0.3, -0.25) is 4.79 Å². The van der Waals surface area contributed by atoms with Crippen LogP contribution in [0.2, 0.25) is 0 Å². The molecule has 65 heavy (non-hydrogen) atoms. The van der Waals surface area contributed by atoms with Gasteiger partial charge in [-0.1, -0.05) is 152 Å². The summed E-state index contributed by atoms with van der Waals surface area (Å²) in [5.41, 5.74) is 4.34. The molecule has 6 rings (SSSR count). The zero-order valence-corrected chi connectivity index (χ0v) is 37.9. The third-order valence-electron chi connectivity index (χ3n) is 10.8. The lowest BCUT2D eigenvalue weighted by molar-refractivity contribution is -0.214. The molecule has 1 saturated heterocycles. The van der Waals surface area contributed by atoms with Gasteiger partial charge in [-0.15, -0.1) is 0 Å². The lowest BCUT2D eigenvalue weighted by atomic mass is 10.1. The smallest absolute Gasteiger partial charge is 0.306 e. The molecule has 346 valence electrons. The predicted molar refractivity (Wildman–Crippen MR) is 246 cm³/mol. The summed E-state index contributed by atoms with van der Waals surface area (Å²) in [6.45, 7) is 7.79. The van der Waals surface area contributed by atoms with E-state index >= 15 is 0 Å². The highest BCUT2D eigenvalue weighted by atomic mass is 16.7. The molecule has 0 N–H and O–H groups in total. The molecule has 11 heteroatoms. The van der Waals surface area contributed by atoms with Crippen LogP contribution in [0, 0.1) is 0 Å². The van der Waals surface area contributed by atoms with Crippen LogP contribution in [-0.2, 0) is 85.3 Å². The van der Waals surface area contributed by atoms with Crippen molar-refractivity contribution < 1.29 is 52.2 Å². The maximum Gasteiger partial charge on any atom is 0.306 e. The standard InChI is InChI=1S/C54H64O11/c1-41(55)29-30-51(56)64-47-31-52(65-48(47)37-57-32-42-19-9-4-10-20-42)61-38-49(59-34-44-23-13-6-14-24-44)53(62-36-46-27-17-8-18-28-46)50(60-35-45-25-15-7-16-26-45)39-63-54(2,3)40-58-33-43-21-11-5-12-22-43/h4-28,47-50,52-53H,29-40H2,1-3H3/t47-,48?,49?,50?,52-,53?/m1/s1. The van der Waals surface area contributed by atoms with Gasteiger partial charge in [0, 0.05) is 12.8 Å². The molecular formula is C54H64O11. The summed E-state index contributed by atoms with van der Waals surface area (Å²) in [5.74, 6) is -0.566. The number of Topliss-reactive ketones (excluding diaryl/α,β-unsaturated/α-hetero) is 1. The second-order valence-electron chi connectivity index (χ2n) is 16.9. The Balaban J connectivity index is 1.23. The Bertz CT molecular complexity index is 2070. The van der Waals surface area contributed by atoms with Crippen molar-refractivity contribution in [2.45, 2.75) is 115 Å². The van der Waals surface area contributed by atoms with Gasteiger partial charge in [0.2, 0.25) is 0 Å². The third-order valence-corrected chi connectivity index (χ3v) is 10.8. The number of rotatable bonds is 29. The lowest BCUT2D eigenvalue weighted by Gasteiger charge is -2.36. The van der Waals surface area contributed by atoms with Gasteiger partial charge < -0.3 is 47.4 Å². The minimum absolute atomic E-state index is 0.0207. The minimum Gasteiger partial charge on any atom is -0.459 e. The average molecular weight is 889 g/mol. The second kappa shape index (κ2) is 26.8. The molecule has 5 aromatic carbocycles. The Kier molecular flexibility index (Phi) is 20.3. The zero-order chi connectivity index (χ0) is 45.5. The van der Waals surface area contributed by atoms with Crippen LogP contribution in [0.1, 0.15) is 67.9 Å². The summed E-state index contributed by atoms with van der Waals surface area (Å²) in [6.07, 6.45) is -3.77. The molecule has 0 saturated carbocycles. The largest absolute Gasteiger partial charge is 0.459 e. The molecule has 1 heterocycles. The molecule has 0 bridgehead atoms. The molecule has 1 aliphatic rings. The van der Waals surface area contributed by atoms with Crippen LogP contribution < -0.4 is 0 Å². The number of hydrogen-bond acceptors (Lipinski definition) is 11. The van der Waals surface area contributed by atoms with Crippen LogP contribution >= 0.6 is 0 Å². The van der Waals surface area contributed by atoms with Crippen molar-refractivity contribution in [1.82, 2.24) is 0 Å². The highest BCUT2D eigenvalue weighted by Gasteiger charge is 2.41. The lowest BCUT2D eigenvalue weighted by Crippen LogP contribution is -2.49. The molecule has 11 nitrogen and oxygen atoms in total. The van der Waals surface area contributed by atoms with Crippen molar-refractivity contribution in [3.8, 4) is 0 Å². The fourth-order valence-electron chi connectivity index (χ4n) is 7.22. The predicted octanol–water partition coefficient (Wildman–Crippen LogP) is 9.38. The highest BCUT2D eigenvalue weighted by molar-refractivity contribution is 5.81. The van der Waals surface area contributed by atoms with Crippen LogP contribution in [0.3, 0.4) is 0 Å². The molecule has 0 spiro atoms. The maximum atomic E-state index is 12.9. The van der Waals surface area contributed by atoms with Crippen LogP contribution in [0.25, 0.3) is 0 Å². The molecule has 6 atom stereocenters. The first-order valence-corrected chi connectivity index (χ1v) is 22.5. The van der Waals surface area contributed by atoms with Crippen molar-refractivity contribution in [2.75, 3.05) is 26.4 Å². The van der Waals surface area contributed by atoms with E-state index in [2.05, 4.69) is 0 Å². The fourth-order valence-corrected chi connectivity index (χ4v) is 7.22. The first kappa shape index (κ1) is 49.4. The molecule has 4 unspecified atom stereocenters. The van der Waals surface area contributed by atoms with E-state index < -0.39 is 48.4 Å². The van der Waals surface area contributed by atoms with E-state index in [1.807, 2.05) is 166 Å². The van der Waals surface area contributed by atoms with E-state index in [0.717, 1.165) is 27.8 Å². The van der Waals surface area contributed by atoms with Gasteiger partial charge in [0.1, 0.15) is 36.3 Å². The molecule has 0 aliphatic carbocycles. The molecule has 0 aromatic heterocycles. The van der Waals surface area contributed by atoms with Gasteiger partial charge in [0.25, 0.3) is 0 Å². The zero-order valence-electron chi connectivity index (χ0n) is 37.9. The number of carbonyl (C=O) groups is 2. The summed E-state index contributed by atoms with van der Waals surface area (Å²) in [6, 6.07) is 49.7. The number of hydrogen-bond donors (Lipinski definition) is 0. The van der Waals surface area contributed by atoms with E-state index in [9.17, 15) is 9.59 Å². The Morgan fingerprint density at radius 3 is 1.52 bits per heavy atom. The summed E-state index contributed by atoms with van der Waals surface area (Å²) in [4.78, 5) is 24.6. The number of esters is 1. The molecule has 0 amide bonds. The van der Waals surface area contributed by atoms with Crippen molar-refractivity contribution in [3.05, 3.63) is 179 Å². The van der Waals surface area contributed by atoms with Crippen molar-refractivity contribution in [2.24, 2.45) is 0 Å². The van der Waals surface area contributed by atoms with Crippen LogP contribution in [-0.4, -0.2) is 80.6 Å². The van der Waals surface area contributed by atoms with Gasteiger partial charge in [-0.2, -0.15) is 0 Å². The molecule has 1 aliphatic heterocycles. The molecular weight excluding hydrogens is 825 g/mol. The molecule has 1 fully saturated rings. The van der Waals surface area contributed by atoms with Crippen LogP contribution in [0.5, 0.6) is 0 Å². The summed E-state index contributed by atoms with van der Waals surface area (Å²) in [7, 11) is 0. The van der Waals surface area contributed by atoms with E-state index in [0.29, 0.717) is 26.4 Å². The number of ether oxygens (including phenoxy) is 9. The fraction of sp³-hybridized carbons (Fsp3) is 0.407. The quantitative estimate of drug-likeness (QED) is 0.0428. The maximum absolute atomic E-state index is 12.9. The highest BCUT2D eigenvalue weighted by Crippen LogP contribution is 2.28. The third kappa shape index (κ3) is 18.0. The van der Waals surface area contributed by atoms with Gasteiger partial charge in [-0.25, -0.2) is 0 Å². The topological polar surface area (TPSA) is 117 Å². The number of ketones is 1. The minimum atomic E-state index is -0.774. The van der Waals surface area contributed by atoms with Crippen molar-refractivity contribution in [1.29, 1.82) is 0 Å². The number of carbonyl (C=O) groups excluding carboxylic acids is 2. The SMILES string of the molecule is CC(=O)CCC(=O)O[C@@H]1C[C@H](OCC(OCc2ccccc2)C(OCc2ccccc2)C(COC(C)(C)COCc2ccccc2)OCc2ccccc2)OC1COCc1ccccc1. The van der Waals surface area contributed by atoms with E-state index in [1.54, 1.807) is 0 Å². The van der Waals surface area contributed by atoms with Crippen molar-refractivity contribution >= 4 is 11.8 Å². The average Bonchev–Trinajstić information content (AvgIpc) is 3.71. The Morgan fingerprint density at radius 1 is 0.585 bits per heavy atom. The van der Waals surface area contributed by atoms with Gasteiger partial charge >= 0.3 is 5.97 Å². The monoisotopic (exact) mass is 888 g/mol. The van der Waals surface area contributed by atoms with E-state index in [-0.39, 0.29) is 58.1 Å². The van der Waals surface area contributed by atoms with Crippen LogP contribution in [0.4, 0.5) is 0 Å². The summed E-state index contributed by atoms with van der Waals surface area (Å²) in [5, 5.41) is 0. The number of benzene rings is 5. The van der Waals surface area contributed by atoms with Gasteiger partial charge in [-0.05, 0) is 48.6 Å². The normalized spacial score (nSPS) is 17.6. The van der Waals surface area contributed by atoms with Crippen LogP contribution in [0.15, 0.2) is 152 Å².